The maximum atomic E-state index is 14.2. The molecule has 0 radical (unpaired) electrons. The third-order valence-electron chi connectivity index (χ3n) is 5.03. The van der Waals surface area contributed by atoms with Crippen LogP contribution in [0.3, 0.4) is 0 Å². The van der Waals surface area contributed by atoms with Crippen LogP contribution < -0.4 is 15.1 Å². The number of alkyl halides is 2. The van der Waals surface area contributed by atoms with Gasteiger partial charge in [0.05, 0.1) is 22.0 Å². The van der Waals surface area contributed by atoms with Crippen molar-refractivity contribution >= 4 is 35.5 Å². The first-order valence-corrected chi connectivity index (χ1v) is 11.3. The van der Waals surface area contributed by atoms with Crippen molar-refractivity contribution in [1.29, 1.82) is 0 Å². The number of rotatable bonds is 9. The number of carbonyl (C=O) groups excluding carboxylic acids is 1. The molecule has 2 N–H and O–H groups in total. The zero-order valence-corrected chi connectivity index (χ0v) is 21.2. The van der Waals surface area contributed by atoms with Gasteiger partial charge in [0, 0.05) is 32.3 Å². The first-order chi connectivity index (χ1) is 17.0. The van der Waals surface area contributed by atoms with Gasteiger partial charge in [-0.2, -0.15) is 5.10 Å². The van der Waals surface area contributed by atoms with Crippen molar-refractivity contribution in [2.24, 2.45) is 5.10 Å². The van der Waals surface area contributed by atoms with Crippen molar-refractivity contribution in [2.75, 3.05) is 18.6 Å². The molecule has 1 atom stereocenters. The Morgan fingerprint density at radius 3 is 2.58 bits per heavy atom. The lowest BCUT2D eigenvalue weighted by Crippen LogP contribution is -2.28. The first-order valence-electron chi connectivity index (χ1n) is 10.9. The van der Waals surface area contributed by atoms with E-state index >= 15 is 0 Å². The molecule has 1 unspecified atom stereocenters. The van der Waals surface area contributed by atoms with Gasteiger partial charge in [0.2, 0.25) is 0 Å². The SMILES string of the molecule is C=CN(/N=C(/C)N(C)CC)c1ccc(C(=O)NC2=C(F)CCC=C2Cl)c(OC(C)C(F)F)c1.O=CO. The van der Waals surface area contributed by atoms with Crippen LogP contribution in [0, 0.1) is 0 Å². The Balaban J connectivity index is 0.00000205. The monoisotopic (exact) mass is 530 g/mol. The highest BCUT2D eigenvalue weighted by Gasteiger charge is 2.24. The molecule has 36 heavy (non-hydrogen) atoms. The third-order valence-corrected chi connectivity index (χ3v) is 5.37. The van der Waals surface area contributed by atoms with Gasteiger partial charge in [0.1, 0.15) is 17.4 Å². The number of hydrogen-bond donors (Lipinski definition) is 2. The average molecular weight is 531 g/mol. The highest BCUT2D eigenvalue weighted by Crippen LogP contribution is 2.31. The number of hydrazone groups is 1. The van der Waals surface area contributed by atoms with Gasteiger partial charge in [-0.1, -0.05) is 24.3 Å². The lowest BCUT2D eigenvalue weighted by molar-refractivity contribution is -0.122. The number of ether oxygens (including phenoxy) is 1. The van der Waals surface area contributed by atoms with E-state index in [1.807, 2.05) is 25.8 Å². The number of anilines is 1. The number of nitrogens with one attached hydrogen (secondary N) is 1. The second-order valence-corrected chi connectivity index (χ2v) is 7.86. The zero-order chi connectivity index (χ0) is 27.4. The van der Waals surface area contributed by atoms with Crippen molar-refractivity contribution in [2.45, 2.75) is 46.1 Å². The number of carboxylic acid groups (broad SMARTS) is 1. The molecule has 0 heterocycles. The maximum absolute atomic E-state index is 14.2. The molecule has 8 nitrogen and oxygen atoms in total. The van der Waals surface area contributed by atoms with Gasteiger partial charge in [0.25, 0.3) is 18.8 Å². The minimum atomic E-state index is -2.78. The molecule has 0 spiro atoms. The summed E-state index contributed by atoms with van der Waals surface area (Å²) in [6.07, 6.45) is -0.716. The second-order valence-electron chi connectivity index (χ2n) is 7.46. The fraction of sp³-hybridized carbons (Fsp3) is 0.375. The molecule has 0 aliphatic heterocycles. The Hall–Kier alpha value is -3.47. The van der Waals surface area contributed by atoms with Crippen LogP contribution in [0.5, 0.6) is 5.75 Å². The zero-order valence-electron chi connectivity index (χ0n) is 20.5. The standard InChI is InChI=1S/C23H28ClF3N4O2.CH2O2/c1-6-30(5)15(4)29-31(7-2)16-11-12-17(20(13-16)33-14(3)22(26)27)23(32)28-21-18(24)9-8-10-19(21)25;2-1-3/h7,9,11-14,22H,2,6,8,10H2,1,3-5H3,(H,28,32);1H,(H,2,3)/b29-15-;. The van der Waals surface area contributed by atoms with E-state index < -0.39 is 24.3 Å². The Morgan fingerprint density at radius 2 is 2.06 bits per heavy atom. The van der Waals surface area contributed by atoms with E-state index in [-0.39, 0.29) is 34.9 Å². The lowest BCUT2D eigenvalue weighted by atomic mass is 10.1. The van der Waals surface area contributed by atoms with Crippen molar-refractivity contribution in [3.63, 3.8) is 0 Å². The molecule has 1 aromatic rings. The number of nitrogens with zero attached hydrogens (tertiary/aromatic N) is 3. The Bertz CT molecular complexity index is 1030. The molecule has 0 saturated carbocycles. The Labute approximate surface area is 213 Å². The van der Waals surface area contributed by atoms with E-state index in [4.69, 9.17) is 26.2 Å². The van der Waals surface area contributed by atoms with Crippen molar-refractivity contribution in [1.82, 2.24) is 10.2 Å². The summed E-state index contributed by atoms with van der Waals surface area (Å²) in [7, 11) is 1.87. The van der Waals surface area contributed by atoms with Crippen LogP contribution >= 0.6 is 11.6 Å². The quantitative estimate of drug-likeness (QED) is 0.190. The summed E-state index contributed by atoms with van der Waals surface area (Å²) in [5.74, 6) is -0.729. The molecule has 0 fully saturated rings. The van der Waals surface area contributed by atoms with E-state index in [1.54, 1.807) is 12.1 Å². The van der Waals surface area contributed by atoms with Crippen LogP contribution in [0.25, 0.3) is 0 Å². The van der Waals surface area contributed by atoms with Crippen molar-refractivity contribution in [3.8, 4) is 5.75 Å². The number of hydrogen-bond acceptors (Lipinski definition) is 5. The minimum absolute atomic E-state index is 0.0584. The van der Waals surface area contributed by atoms with Gasteiger partial charge >= 0.3 is 0 Å². The Kier molecular flexibility index (Phi) is 12.6. The highest BCUT2D eigenvalue weighted by molar-refractivity contribution is 6.32. The number of carbonyl (C=O) groups is 2. The molecule has 1 amide bonds. The predicted molar refractivity (Wildman–Crippen MR) is 134 cm³/mol. The van der Waals surface area contributed by atoms with Gasteiger partial charge in [-0.05, 0) is 39.3 Å². The molecule has 12 heteroatoms. The lowest BCUT2D eigenvalue weighted by Gasteiger charge is -2.23. The van der Waals surface area contributed by atoms with Crippen molar-refractivity contribution < 1.29 is 32.6 Å². The molecule has 1 aliphatic rings. The van der Waals surface area contributed by atoms with E-state index in [9.17, 15) is 18.0 Å². The summed E-state index contributed by atoms with van der Waals surface area (Å²) in [5.41, 5.74) is 0.236. The van der Waals surface area contributed by atoms with Crippen LogP contribution in [0.15, 0.2) is 58.7 Å². The minimum Gasteiger partial charge on any atom is -0.484 e. The van der Waals surface area contributed by atoms with Crippen LogP contribution in [0.1, 0.15) is 44.0 Å². The molecule has 198 valence electrons. The summed E-state index contributed by atoms with van der Waals surface area (Å²) in [6, 6.07) is 4.35. The second kappa shape index (κ2) is 14.8. The Morgan fingerprint density at radius 1 is 1.42 bits per heavy atom. The summed E-state index contributed by atoms with van der Waals surface area (Å²) < 4.78 is 46.0. The van der Waals surface area contributed by atoms with E-state index in [1.165, 1.54) is 30.3 Å². The van der Waals surface area contributed by atoms with Gasteiger partial charge < -0.3 is 20.1 Å². The third kappa shape index (κ3) is 8.63. The molecule has 0 saturated heterocycles. The number of amides is 1. The summed E-state index contributed by atoms with van der Waals surface area (Å²) >= 11 is 6.03. The van der Waals surface area contributed by atoms with Gasteiger partial charge in [-0.25, -0.2) is 18.2 Å². The van der Waals surface area contributed by atoms with Crippen LogP contribution in [0.4, 0.5) is 18.9 Å². The highest BCUT2D eigenvalue weighted by atomic mass is 35.5. The molecule has 1 aromatic carbocycles. The molecule has 1 aliphatic carbocycles. The van der Waals surface area contributed by atoms with Gasteiger partial charge in [0.15, 0.2) is 6.10 Å². The van der Waals surface area contributed by atoms with Crippen LogP contribution in [-0.4, -0.2) is 54.3 Å². The average Bonchev–Trinajstić information content (AvgIpc) is 2.84. The normalized spacial score (nSPS) is 14.2. The van der Waals surface area contributed by atoms with Crippen LogP contribution in [0.2, 0.25) is 0 Å². The fourth-order valence-corrected chi connectivity index (χ4v) is 3.10. The van der Waals surface area contributed by atoms with E-state index in [0.717, 1.165) is 6.54 Å². The van der Waals surface area contributed by atoms with Gasteiger partial charge in [-0.3, -0.25) is 9.59 Å². The smallest absolute Gasteiger partial charge is 0.290 e. The predicted octanol–water partition coefficient (Wildman–Crippen LogP) is 5.48. The molecule has 2 rings (SSSR count). The molecule has 0 bridgehead atoms. The molecular formula is C24H30ClF3N4O4. The number of halogens is 4. The number of allylic oxidation sites excluding steroid dienone is 3. The number of amidine groups is 1. The first kappa shape index (κ1) is 30.6. The topological polar surface area (TPSA) is 94.5 Å². The molecular weight excluding hydrogens is 501 g/mol. The largest absolute Gasteiger partial charge is 0.484 e. The summed E-state index contributed by atoms with van der Waals surface area (Å²) in [5, 5.41) is 15.3. The van der Waals surface area contributed by atoms with Crippen LogP contribution in [-0.2, 0) is 4.79 Å². The molecule has 0 aromatic heterocycles. The van der Waals surface area contributed by atoms with Crippen molar-refractivity contribution in [3.05, 3.63) is 59.2 Å². The fourth-order valence-electron chi connectivity index (χ4n) is 2.85. The van der Waals surface area contributed by atoms with E-state index in [2.05, 4.69) is 17.0 Å². The van der Waals surface area contributed by atoms with E-state index in [0.29, 0.717) is 17.9 Å². The summed E-state index contributed by atoms with van der Waals surface area (Å²) in [4.78, 5) is 23.2. The summed E-state index contributed by atoms with van der Waals surface area (Å²) in [6.45, 7) is 9.17. The maximum Gasteiger partial charge on any atom is 0.290 e. The number of benzene rings is 1. The van der Waals surface area contributed by atoms with Gasteiger partial charge in [-0.15, -0.1) is 0 Å².